The minimum Gasteiger partial charge on any atom is -0.495 e. The van der Waals surface area contributed by atoms with Crippen LogP contribution in [0.5, 0.6) is 11.5 Å². The van der Waals surface area contributed by atoms with Crippen LogP contribution in [0.3, 0.4) is 0 Å². The van der Waals surface area contributed by atoms with E-state index in [0.29, 0.717) is 44.5 Å². The second-order valence-electron chi connectivity index (χ2n) is 6.95. The van der Waals surface area contributed by atoms with Crippen LogP contribution in [0.2, 0.25) is 10.0 Å². The van der Waals surface area contributed by atoms with E-state index in [4.69, 9.17) is 32.7 Å². The molecule has 3 aromatic rings. The maximum absolute atomic E-state index is 12.3. The van der Waals surface area contributed by atoms with Gasteiger partial charge in [-0.15, -0.1) is 0 Å². The molecule has 0 aliphatic carbocycles. The molecule has 0 radical (unpaired) electrons. The lowest BCUT2D eigenvalue weighted by atomic mass is 10.1. The molecular formula is C20H22Cl2N4O4S2. The number of fused-ring (bicyclic) bond motifs is 1. The number of benzene rings is 1. The fourth-order valence-corrected chi connectivity index (χ4v) is 4.59. The van der Waals surface area contributed by atoms with Gasteiger partial charge in [-0.25, -0.2) is 28.1 Å². The molecule has 0 unspecified atom stereocenters. The number of thioether (sulfide) groups is 1. The highest BCUT2D eigenvalue weighted by Crippen LogP contribution is 2.45. The van der Waals surface area contributed by atoms with Crippen LogP contribution in [-0.2, 0) is 16.6 Å². The number of aromatic nitrogens is 3. The zero-order valence-electron chi connectivity index (χ0n) is 18.1. The van der Waals surface area contributed by atoms with E-state index in [-0.39, 0.29) is 16.6 Å². The standard InChI is InChI=1S/C20H22Cl2N4O4S2/c1-10(2)32(27,28)24-9-13-19-11(8-23-20(26-19)31-5)6-12(25-13)16-17(21)14(29-3)7-15(30-4)18(16)22/h6-8,10,24H,9H2,1-5H3. The Morgan fingerprint density at radius 2 is 1.72 bits per heavy atom. The number of hydrogen-bond donors (Lipinski definition) is 1. The van der Waals surface area contributed by atoms with Crippen molar-refractivity contribution in [2.75, 3.05) is 20.5 Å². The van der Waals surface area contributed by atoms with E-state index in [1.165, 1.54) is 26.0 Å². The smallest absolute Gasteiger partial charge is 0.214 e. The van der Waals surface area contributed by atoms with Gasteiger partial charge >= 0.3 is 0 Å². The fourth-order valence-electron chi connectivity index (χ4n) is 2.89. The Bertz CT molecular complexity index is 1240. The van der Waals surface area contributed by atoms with Crippen molar-refractivity contribution in [3.63, 3.8) is 0 Å². The molecule has 0 aliphatic heterocycles. The number of hydrogen-bond acceptors (Lipinski definition) is 8. The van der Waals surface area contributed by atoms with E-state index in [9.17, 15) is 8.42 Å². The van der Waals surface area contributed by atoms with Crippen LogP contribution in [0, 0.1) is 0 Å². The van der Waals surface area contributed by atoms with Crippen LogP contribution >= 0.6 is 35.0 Å². The summed E-state index contributed by atoms with van der Waals surface area (Å²) in [4.78, 5) is 13.5. The molecule has 0 bridgehead atoms. The lowest BCUT2D eigenvalue weighted by Crippen LogP contribution is -2.30. The summed E-state index contributed by atoms with van der Waals surface area (Å²) in [5, 5.41) is 1.10. The predicted molar refractivity (Wildman–Crippen MR) is 129 cm³/mol. The van der Waals surface area contributed by atoms with Crippen molar-refractivity contribution < 1.29 is 17.9 Å². The van der Waals surface area contributed by atoms with Gasteiger partial charge in [0.2, 0.25) is 10.0 Å². The van der Waals surface area contributed by atoms with E-state index >= 15 is 0 Å². The van der Waals surface area contributed by atoms with Crippen LogP contribution in [0.15, 0.2) is 23.5 Å². The number of sulfonamides is 1. The van der Waals surface area contributed by atoms with Gasteiger partial charge in [-0.3, -0.25) is 0 Å². The number of nitrogens with zero attached hydrogens (tertiary/aromatic N) is 3. The molecule has 0 amide bonds. The summed E-state index contributed by atoms with van der Waals surface area (Å²) in [6, 6.07) is 3.33. The molecule has 0 saturated carbocycles. The number of methoxy groups -OCH3 is 2. The molecule has 172 valence electrons. The first kappa shape index (κ1) is 24.8. The SMILES string of the molecule is COc1cc(OC)c(Cl)c(-c2cc3cnc(SC)nc3c(CNS(=O)(=O)C(C)C)n2)c1Cl. The lowest BCUT2D eigenvalue weighted by Gasteiger charge is -2.16. The summed E-state index contributed by atoms with van der Waals surface area (Å²) in [6.45, 7) is 3.13. The summed E-state index contributed by atoms with van der Waals surface area (Å²) in [6.07, 6.45) is 3.51. The zero-order valence-corrected chi connectivity index (χ0v) is 21.2. The van der Waals surface area contributed by atoms with Gasteiger partial charge < -0.3 is 9.47 Å². The van der Waals surface area contributed by atoms with Gasteiger partial charge in [0.1, 0.15) is 11.5 Å². The summed E-state index contributed by atoms with van der Waals surface area (Å²) in [5.74, 6) is 0.724. The van der Waals surface area contributed by atoms with Crippen molar-refractivity contribution in [2.24, 2.45) is 0 Å². The molecular weight excluding hydrogens is 495 g/mol. The Hall–Kier alpha value is -1.85. The third-order valence-corrected chi connectivity index (χ3v) is 7.79. The van der Waals surface area contributed by atoms with Gasteiger partial charge in [0, 0.05) is 23.2 Å². The van der Waals surface area contributed by atoms with Crippen LogP contribution in [0.25, 0.3) is 22.2 Å². The number of rotatable bonds is 8. The number of halogens is 2. The highest BCUT2D eigenvalue weighted by atomic mass is 35.5. The molecule has 1 aromatic carbocycles. The predicted octanol–water partition coefficient (Wildman–Crippen LogP) is 4.57. The zero-order chi connectivity index (χ0) is 23.6. The third-order valence-electron chi connectivity index (χ3n) is 4.69. The van der Waals surface area contributed by atoms with Gasteiger partial charge in [0.15, 0.2) is 5.16 Å². The second-order valence-corrected chi connectivity index (χ2v) is 10.8. The van der Waals surface area contributed by atoms with Crippen LogP contribution in [-0.4, -0.2) is 49.1 Å². The van der Waals surface area contributed by atoms with E-state index in [2.05, 4.69) is 19.7 Å². The molecule has 0 fully saturated rings. The van der Waals surface area contributed by atoms with Gasteiger partial charge in [-0.1, -0.05) is 35.0 Å². The minimum atomic E-state index is -3.53. The Morgan fingerprint density at radius 1 is 1.09 bits per heavy atom. The molecule has 32 heavy (non-hydrogen) atoms. The van der Waals surface area contributed by atoms with Crippen LogP contribution in [0.4, 0.5) is 0 Å². The van der Waals surface area contributed by atoms with Crippen molar-refractivity contribution in [1.82, 2.24) is 19.7 Å². The highest BCUT2D eigenvalue weighted by Gasteiger charge is 2.22. The van der Waals surface area contributed by atoms with Crippen molar-refractivity contribution in [3.05, 3.63) is 34.1 Å². The number of ether oxygens (including phenoxy) is 2. The number of pyridine rings is 1. The maximum atomic E-state index is 12.3. The Labute approximate surface area is 201 Å². The molecule has 1 N–H and O–H groups in total. The fraction of sp³-hybridized carbons (Fsp3) is 0.350. The molecule has 12 heteroatoms. The summed E-state index contributed by atoms with van der Waals surface area (Å²) in [7, 11) is -0.562. The summed E-state index contributed by atoms with van der Waals surface area (Å²) >= 11 is 14.5. The Morgan fingerprint density at radius 3 is 2.25 bits per heavy atom. The topological polar surface area (TPSA) is 103 Å². The summed E-state index contributed by atoms with van der Waals surface area (Å²) in [5.41, 5.74) is 1.74. The van der Waals surface area contributed by atoms with Crippen molar-refractivity contribution in [2.45, 2.75) is 30.8 Å². The van der Waals surface area contributed by atoms with Crippen molar-refractivity contribution >= 4 is 55.9 Å². The normalized spacial score (nSPS) is 11.9. The molecule has 0 spiro atoms. The maximum Gasteiger partial charge on any atom is 0.214 e. The second kappa shape index (κ2) is 9.96. The first-order valence-corrected chi connectivity index (χ1v) is 12.9. The van der Waals surface area contributed by atoms with E-state index in [1.807, 2.05) is 6.26 Å². The first-order chi connectivity index (χ1) is 15.1. The minimum absolute atomic E-state index is 0.0635. The molecule has 3 rings (SSSR count). The van der Waals surface area contributed by atoms with Crippen LogP contribution in [0.1, 0.15) is 19.5 Å². The first-order valence-electron chi connectivity index (χ1n) is 9.42. The molecule has 2 aromatic heterocycles. The lowest BCUT2D eigenvalue weighted by molar-refractivity contribution is 0.395. The van der Waals surface area contributed by atoms with E-state index in [1.54, 1.807) is 32.2 Å². The van der Waals surface area contributed by atoms with Gasteiger partial charge in [-0.2, -0.15) is 0 Å². The molecule has 0 aliphatic rings. The Kier molecular flexibility index (Phi) is 7.72. The van der Waals surface area contributed by atoms with Crippen molar-refractivity contribution in [1.29, 1.82) is 0 Å². The van der Waals surface area contributed by atoms with Gasteiger partial charge in [0.05, 0.1) is 53.0 Å². The summed E-state index contributed by atoms with van der Waals surface area (Å²) < 4.78 is 38.0. The molecule has 2 heterocycles. The average Bonchev–Trinajstić information content (AvgIpc) is 2.77. The molecule has 0 saturated heterocycles. The molecule has 0 atom stereocenters. The van der Waals surface area contributed by atoms with E-state index in [0.717, 1.165) is 0 Å². The van der Waals surface area contributed by atoms with Crippen LogP contribution < -0.4 is 14.2 Å². The van der Waals surface area contributed by atoms with Gasteiger partial charge in [-0.05, 0) is 26.2 Å². The average molecular weight is 517 g/mol. The highest BCUT2D eigenvalue weighted by molar-refractivity contribution is 7.98. The molecule has 8 nitrogen and oxygen atoms in total. The van der Waals surface area contributed by atoms with Gasteiger partial charge in [0.25, 0.3) is 0 Å². The number of nitrogens with one attached hydrogen (secondary N) is 1. The largest absolute Gasteiger partial charge is 0.495 e. The third kappa shape index (κ3) is 4.89. The Balaban J connectivity index is 2.26. The van der Waals surface area contributed by atoms with Crippen molar-refractivity contribution in [3.8, 4) is 22.8 Å². The van der Waals surface area contributed by atoms with E-state index < -0.39 is 15.3 Å². The monoisotopic (exact) mass is 516 g/mol. The quantitative estimate of drug-likeness (QED) is 0.343.